The predicted octanol–water partition coefficient (Wildman–Crippen LogP) is 1.12. The second-order valence-electron chi connectivity index (χ2n) is 4.79. The number of rotatable bonds is 3. The first-order valence-electron chi connectivity index (χ1n) is 6.15. The summed E-state index contributed by atoms with van der Waals surface area (Å²) in [6.07, 6.45) is 5.69. The van der Waals surface area contributed by atoms with E-state index in [0.717, 1.165) is 13.1 Å². The van der Waals surface area contributed by atoms with Crippen molar-refractivity contribution in [3.63, 3.8) is 0 Å². The Balaban J connectivity index is 2.08. The summed E-state index contributed by atoms with van der Waals surface area (Å²) in [5.41, 5.74) is 7.13. The first-order valence-corrected chi connectivity index (χ1v) is 6.15. The van der Waals surface area contributed by atoms with Crippen molar-refractivity contribution in [1.82, 2.24) is 14.7 Å². The summed E-state index contributed by atoms with van der Waals surface area (Å²) in [7, 11) is 2.00. The van der Waals surface area contributed by atoms with Gasteiger partial charge in [-0.25, -0.2) is 0 Å². The van der Waals surface area contributed by atoms with Crippen LogP contribution in [0.25, 0.3) is 0 Å². The lowest BCUT2D eigenvalue weighted by molar-refractivity contribution is 0.0865. The molecule has 2 N–H and O–H groups in total. The van der Waals surface area contributed by atoms with E-state index in [1.54, 1.807) is 0 Å². The van der Waals surface area contributed by atoms with Crippen LogP contribution < -0.4 is 5.73 Å². The van der Waals surface area contributed by atoms with Crippen molar-refractivity contribution in [3.05, 3.63) is 18.0 Å². The molecule has 0 spiro atoms. The van der Waals surface area contributed by atoms with Crippen LogP contribution in [0.5, 0.6) is 0 Å². The fraction of sp³-hybridized carbons (Fsp3) is 0.750. The largest absolute Gasteiger partial charge is 0.329 e. The van der Waals surface area contributed by atoms with Gasteiger partial charge in [0.25, 0.3) is 0 Å². The molecule has 0 aromatic carbocycles. The van der Waals surface area contributed by atoms with E-state index in [0.29, 0.717) is 12.1 Å². The molecule has 2 atom stereocenters. The molecule has 1 aliphatic rings. The number of aryl methyl sites for hydroxylation is 1. The van der Waals surface area contributed by atoms with Crippen molar-refractivity contribution in [3.8, 4) is 0 Å². The molecule has 1 aromatic heterocycles. The zero-order chi connectivity index (χ0) is 11.5. The van der Waals surface area contributed by atoms with Crippen molar-refractivity contribution in [1.29, 1.82) is 0 Å². The number of nitrogens with zero attached hydrogens (tertiary/aromatic N) is 3. The highest BCUT2D eigenvalue weighted by atomic mass is 15.3. The van der Waals surface area contributed by atoms with Gasteiger partial charge in [0.2, 0.25) is 0 Å². The van der Waals surface area contributed by atoms with Crippen molar-refractivity contribution in [2.45, 2.75) is 44.8 Å². The number of nitrogens with two attached hydrogens (primary N) is 1. The van der Waals surface area contributed by atoms with Crippen LogP contribution in [-0.2, 0) is 13.6 Å². The maximum Gasteiger partial charge on any atom is 0.0521 e. The van der Waals surface area contributed by atoms with E-state index in [2.05, 4.69) is 23.0 Å². The molecular formula is C12H22N4. The Kier molecular flexibility index (Phi) is 3.61. The topological polar surface area (TPSA) is 47.1 Å². The van der Waals surface area contributed by atoms with E-state index in [1.165, 1.54) is 25.0 Å². The van der Waals surface area contributed by atoms with Gasteiger partial charge in [0.05, 0.1) is 5.69 Å². The SMILES string of the molecule is CC1CCCC(CN)N1Cc1ccnn1C. The molecule has 2 rings (SSSR count). The average Bonchev–Trinajstić information content (AvgIpc) is 2.67. The number of hydrogen-bond acceptors (Lipinski definition) is 3. The van der Waals surface area contributed by atoms with Gasteiger partial charge < -0.3 is 5.73 Å². The minimum Gasteiger partial charge on any atom is -0.329 e. The van der Waals surface area contributed by atoms with E-state index in [-0.39, 0.29) is 0 Å². The summed E-state index contributed by atoms with van der Waals surface area (Å²) in [5.74, 6) is 0. The third-order valence-corrected chi connectivity index (χ3v) is 3.73. The van der Waals surface area contributed by atoms with Gasteiger partial charge in [0, 0.05) is 38.4 Å². The molecule has 0 amide bonds. The molecule has 1 fully saturated rings. The molecule has 4 nitrogen and oxygen atoms in total. The monoisotopic (exact) mass is 222 g/mol. The van der Waals surface area contributed by atoms with Crippen LogP contribution in [-0.4, -0.2) is 33.3 Å². The van der Waals surface area contributed by atoms with Gasteiger partial charge in [0.15, 0.2) is 0 Å². The van der Waals surface area contributed by atoms with Gasteiger partial charge >= 0.3 is 0 Å². The van der Waals surface area contributed by atoms with Crippen molar-refractivity contribution < 1.29 is 0 Å². The highest BCUT2D eigenvalue weighted by molar-refractivity contribution is 5.01. The van der Waals surface area contributed by atoms with E-state index in [4.69, 9.17) is 5.73 Å². The molecule has 1 saturated heterocycles. The molecule has 0 saturated carbocycles. The molecule has 16 heavy (non-hydrogen) atoms. The summed E-state index contributed by atoms with van der Waals surface area (Å²) in [4.78, 5) is 2.53. The minimum absolute atomic E-state index is 0.540. The number of hydrogen-bond donors (Lipinski definition) is 1. The Hall–Kier alpha value is -0.870. The van der Waals surface area contributed by atoms with Crippen molar-refractivity contribution in [2.75, 3.05) is 6.54 Å². The van der Waals surface area contributed by atoms with Crippen LogP contribution in [0.3, 0.4) is 0 Å². The molecule has 4 heteroatoms. The molecule has 2 heterocycles. The van der Waals surface area contributed by atoms with Crippen molar-refractivity contribution >= 4 is 0 Å². The second kappa shape index (κ2) is 4.97. The highest BCUT2D eigenvalue weighted by Crippen LogP contribution is 2.24. The van der Waals surface area contributed by atoms with Crippen LogP contribution in [0.15, 0.2) is 12.3 Å². The van der Waals surface area contributed by atoms with Gasteiger partial charge in [0.1, 0.15) is 0 Å². The molecule has 1 aliphatic heterocycles. The van der Waals surface area contributed by atoms with Crippen LogP contribution in [0.1, 0.15) is 31.9 Å². The Morgan fingerprint density at radius 3 is 2.94 bits per heavy atom. The maximum atomic E-state index is 5.86. The van der Waals surface area contributed by atoms with Gasteiger partial charge in [-0.05, 0) is 25.8 Å². The summed E-state index contributed by atoms with van der Waals surface area (Å²) in [5, 5.41) is 4.22. The lowest BCUT2D eigenvalue weighted by Crippen LogP contribution is -2.48. The van der Waals surface area contributed by atoms with E-state index >= 15 is 0 Å². The molecular weight excluding hydrogens is 200 g/mol. The zero-order valence-electron chi connectivity index (χ0n) is 10.3. The smallest absolute Gasteiger partial charge is 0.0521 e. The predicted molar refractivity (Wildman–Crippen MR) is 64.9 cm³/mol. The standard InChI is InChI=1S/C12H22N4/c1-10-4-3-5-11(8-13)16(10)9-12-6-7-14-15(12)2/h6-7,10-11H,3-5,8-9,13H2,1-2H3. The summed E-state index contributed by atoms with van der Waals surface area (Å²) in [6, 6.07) is 3.27. The van der Waals surface area contributed by atoms with Gasteiger partial charge in [-0.3, -0.25) is 9.58 Å². The normalized spacial score (nSPS) is 27.2. The molecule has 0 bridgehead atoms. The number of likely N-dealkylation sites (tertiary alicyclic amines) is 1. The first kappa shape index (κ1) is 11.6. The average molecular weight is 222 g/mol. The second-order valence-corrected chi connectivity index (χ2v) is 4.79. The molecule has 90 valence electrons. The van der Waals surface area contributed by atoms with Crippen LogP contribution in [0.2, 0.25) is 0 Å². The fourth-order valence-electron chi connectivity index (χ4n) is 2.62. The lowest BCUT2D eigenvalue weighted by atomic mass is 9.96. The van der Waals surface area contributed by atoms with E-state index < -0.39 is 0 Å². The Bertz CT molecular complexity index is 334. The molecule has 1 aromatic rings. The Morgan fingerprint density at radius 1 is 1.50 bits per heavy atom. The fourth-order valence-corrected chi connectivity index (χ4v) is 2.62. The van der Waals surface area contributed by atoms with Crippen LogP contribution in [0, 0.1) is 0 Å². The quantitative estimate of drug-likeness (QED) is 0.833. The minimum atomic E-state index is 0.540. The molecule has 2 unspecified atom stereocenters. The first-order chi connectivity index (χ1) is 7.72. The lowest BCUT2D eigenvalue weighted by Gasteiger charge is -2.40. The van der Waals surface area contributed by atoms with Crippen molar-refractivity contribution in [2.24, 2.45) is 12.8 Å². The number of aromatic nitrogens is 2. The summed E-state index contributed by atoms with van der Waals surface area (Å²) in [6.45, 7) is 4.04. The van der Waals surface area contributed by atoms with E-state index in [1.807, 2.05) is 17.9 Å². The van der Waals surface area contributed by atoms with Crippen LogP contribution >= 0.6 is 0 Å². The third kappa shape index (κ3) is 2.28. The Morgan fingerprint density at radius 2 is 2.31 bits per heavy atom. The van der Waals surface area contributed by atoms with Gasteiger partial charge in [-0.1, -0.05) is 6.42 Å². The van der Waals surface area contributed by atoms with E-state index in [9.17, 15) is 0 Å². The number of piperidine rings is 1. The molecule has 0 radical (unpaired) electrons. The van der Waals surface area contributed by atoms with Gasteiger partial charge in [-0.15, -0.1) is 0 Å². The summed E-state index contributed by atoms with van der Waals surface area (Å²) < 4.78 is 1.95. The van der Waals surface area contributed by atoms with Gasteiger partial charge in [-0.2, -0.15) is 5.10 Å². The highest BCUT2D eigenvalue weighted by Gasteiger charge is 2.27. The zero-order valence-corrected chi connectivity index (χ0v) is 10.3. The maximum absolute atomic E-state index is 5.86. The third-order valence-electron chi connectivity index (χ3n) is 3.73. The Labute approximate surface area is 97.4 Å². The molecule has 0 aliphatic carbocycles. The van der Waals surface area contributed by atoms with Crippen LogP contribution in [0.4, 0.5) is 0 Å². The summed E-state index contributed by atoms with van der Waals surface area (Å²) >= 11 is 0.